The zero-order valence-corrected chi connectivity index (χ0v) is 8.63. The molecule has 0 aromatic carbocycles. The van der Waals surface area contributed by atoms with Gasteiger partial charge in [-0.1, -0.05) is 0 Å². The van der Waals surface area contributed by atoms with E-state index in [2.05, 4.69) is 23.3 Å². The average Bonchev–Trinajstić information content (AvgIpc) is 2.72. The lowest BCUT2D eigenvalue weighted by Crippen LogP contribution is -2.40. The molecule has 4 atom stereocenters. The average molecular weight is 202 g/mol. The van der Waals surface area contributed by atoms with Gasteiger partial charge >= 0.3 is 0 Å². The quantitative estimate of drug-likeness (QED) is 0.462. The van der Waals surface area contributed by atoms with Gasteiger partial charge in [-0.05, 0) is 19.4 Å². The molecular formula is C9H18N2OS. The first kappa shape index (κ1) is 9.77. The van der Waals surface area contributed by atoms with Crippen molar-refractivity contribution in [3.63, 3.8) is 0 Å². The fraction of sp³-hybridized carbons (Fsp3) is 1.00. The summed E-state index contributed by atoms with van der Waals surface area (Å²) in [6.45, 7) is 2.96. The molecule has 0 radical (unpaired) electrons. The van der Waals surface area contributed by atoms with E-state index >= 15 is 0 Å². The van der Waals surface area contributed by atoms with E-state index in [-0.39, 0.29) is 12.1 Å². The van der Waals surface area contributed by atoms with E-state index in [1.807, 2.05) is 0 Å². The Morgan fingerprint density at radius 3 is 2.77 bits per heavy atom. The summed E-state index contributed by atoms with van der Waals surface area (Å²) >= 11 is 4.40. The summed E-state index contributed by atoms with van der Waals surface area (Å²) in [5, 5.41) is 17.1. The smallest absolute Gasteiger partial charge is 0.0734 e. The van der Waals surface area contributed by atoms with Crippen molar-refractivity contribution in [2.45, 2.75) is 30.2 Å². The normalized spacial score (nSPS) is 42.5. The van der Waals surface area contributed by atoms with Crippen LogP contribution in [0.25, 0.3) is 0 Å². The van der Waals surface area contributed by atoms with Gasteiger partial charge in [0.1, 0.15) is 0 Å². The summed E-state index contributed by atoms with van der Waals surface area (Å²) in [5.74, 6) is 0.441. The molecule has 4 heteroatoms. The molecule has 0 amide bonds. The van der Waals surface area contributed by atoms with Crippen LogP contribution in [0.3, 0.4) is 0 Å². The second kappa shape index (κ2) is 4.17. The van der Waals surface area contributed by atoms with Crippen LogP contribution < -0.4 is 10.6 Å². The SMILES string of the molecule is O[C@H]([C@@H]1CCNC1)[C@@H]1C[C@H](S)CN1. The van der Waals surface area contributed by atoms with Crippen molar-refractivity contribution in [1.29, 1.82) is 0 Å². The molecule has 3 nitrogen and oxygen atoms in total. The Labute approximate surface area is 84.7 Å². The summed E-state index contributed by atoms with van der Waals surface area (Å²) in [4.78, 5) is 0. The topological polar surface area (TPSA) is 44.3 Å². The van der Waals surface area contributed by atoms with Crippen LogP contribution in [-0.4, -0.2) is 42.1 Å². The van der Waals surface area contributed by atoms with E-state index in [4.69, 9.17) is 0 Å². The van der Waals surface area contributed by atoms with Crippen LogP contribution in [-0.2, 0) is 0 Å². The molecule has 0 aromatic rings. The van der Waals surface area contributed by atoms with Gasteiger partial charge in [0.2, 0.25) is 0 Å². The fourth-order valence-electron chi connectivity index (χ4n) is 2.30. The van der Waals surface area contributed by atoms with Gasteiger partial charge in [0.25, 0.3) is 0 Å². The number of hydrogen-bond acceptors (Lipinski definition) is 4. The molecule has 0 spiro atoms. The second-order valence-electron chi connectivity index (χ2n) is 4.15. The maximum Gasteiger partial charge on any atom is 0.0734 e. The van der Waals surface area contributed by atoms with Crippen LogP contribution >= 0.6 is 12.6 Å². The molecule has 3 N–H and O–H groups in total. The summed E-state index contributed by atoms with van der Waals surface area (Å²) in [6, 6.07) is 0.271. The van der Waals surface area contributed by atoms with Gasteiger partial charge in [-0.3, -0.25) is 0 Å². The Morgan fingerprint density at radius 1 is 1.38 bits per heavy atom. The first-order valence-electron chi connectivity index (χ1n) is 5.07. The van der Waals surface area contributed by atoms with Crippen molar-refractivity contribution >= 4 is 12.6 Å². The number of nitrogens with one attached hydrogen (secondary N) is 2. The number of hydrogen-bond donors (Lipinski definition) is 4. The molecule has 0 saturated carbocycles. The Hall–Kier alpha value is 0.230. The largest absolute Gasteiger partial charge is 0.391 e. The van der Waals surface area contributed by atoms with Gasteiger partial charge in [-0.15, -0.1) is 0 Å². The first-order chi connectivity index (χ1) is 6.27. The lowest BCUT2D eigenvalue weighted by Gasteiger charge is -2.23. The van der Waals surface area contributed by atoms with E-state index in [0.717, 1.165) is 32.5 Å². The molecule has 76 valence electrons. The molecule has 13 heavy (non-hydrogen) atoms. The van der Waals surface area contributed by atoms with Gasteiger partial charge in [0, 0.05) is 30.3 Å². The van der Waals surface area contributed by atoms with E-state index in [1.54, 1.807) is 0 Å². The maximum absolute atomic E-state index is 10.0. The third-order valence-corrected chi connectivity index (χ3v) is 3.53. The minimum atomic E-state index is -0.188. The van der Waals surface area contributed by atoms with Crippen molar-refractivity contribution in [1.82, 2.24) is 10.6 Å². The molecule has 2 heterocycles. The Kier molecular flexibility index (Phi) is 3.14. The lowest BCUT2D eigenvalue weighted by molar-refractivity contribution is 0.0834. The van der Waals surface area contributed by atoms with Crippen LogP contribution in [0.5, 0.6) is 0 Å². The predicted octanol–water partition coefficient (Wildman–Crippen LogP) is -0.383. The van der Waals surface area contributed by atoms with Gasteiger partial charge in [0.05, 0.1) is 6.10 Å². The molecule has 2 aliphatic rings. The van der Waals surface area contributed by atoms with E-state index < -0.39 is 0 Å². The molecule has 0 aliphatic carbocycles. The van der Waals surface area contributed by atoms with Crippen LogP contribution in [0.15, 0.2) is 0 Å². The van der Waals surface area contributed by atoms with Crippen LogP contribution in [0.2, 0.25) is 0 Å². The minimum absolute atomic E-state index is 0.188. The predicted molar refractivity (Wildman–Crippen MR) is 56.2 cm³/mol. The number of rotatable bonds is 2. The molecule has 0 unspecified atom stereocenters. The summed E-state index contributed by atoms with van der Waals surface area (Å²) in [7, 11) is 0. The Morgan fingerprint density at radius 2 is 2.23 bits per heavy atom. The van der Waals surface area contributed by atoms with E-state index in [9.17, 15) is 5.11 Å². The fourth-order valence-corrected chi connectivity index (χ4v) is 2.64. The highest BCUT2D eigenvalue weighted by Crippen LogP contribution is 2.22. The summed E-state index contributed by atoms with van der Waals surface area (Å²) in [5.41, 5.74) is 0. The number of aliphatic hydroxyl groups is 1. The minimum Gasteiger partial charge on any atom is -0.391 e. The summed E-state index contributed by atoms with van der Waals surface area (Å²) in [6.07, 6.45) is 1.92. The third-order valence-electron chi connectivity index (χ3n) is 3.14. The molecular weight excluding hydrogens is 184 g/mol. The molecule has 0 bridgehead atoms. The zero-order valence-electron chi connectivity index (χ0n) is 7.74. The lowest BCUT2D eigenvalue weighted by atomic mass is 9.94. The van der Waals surface area contributed by atoms with Gasteiger partial charge in [-0.25, -0.2) is 0 Å². The third kappa shape index (κ3) is 2.18. The van der Waals surface area contributed by atoms with E-state index in [0.29, 0.717) is 11.2 Å². The van der Waals surface area contributed by atoms with Crippen molar-refractivity contribution in [2.75, 3.05) is 19.6 Å². The van der Waals surface area contributed by atoms with Crippen molar-refractivity contribution in [3.8, 4) is 0 Å². The van der Waals surface area contributed by atoms with Crippen molar-refractivity contribution in [2.24, 2.45) is 5.92 Å². The molecule has 2 aliphatic heterocycles. The second-order valence-corrected chi connectivity index (χ2v) is 4.88. The van der Waals surface area contributed by atoms with Crippen molar-refractivity contribution in [3.05, 3.63) is 0 Å². The highest BCUT2D eigenvalue weighted by molar-refractivity contribution is 7.81. The molecule has 2 saturated heterocycles. The van der Waals surface area contributed by atoms with Gasteiger partial charge in [0.15, 0.2) is 0 Å². The van der Waals surface area contributed by atoms with Crippen LogP contribution in [0.1, 0.15) is 12.8 Å². The Bertz CT molecular complexity index is 173. The van der Waals surface area contributed by atoms with Crippen LogP contribution in [0.4, 0.5) is 0 Å². The molecule has 2 rings (SSSR count). The monoisotopic (exact) mass is 202 g/mol. The first-order valence-corrected chi connectivity index (χ1v) is 5.59. The number of thiol groups is 1. The highest BCUT2D eigenvalue weighted by Gasteiger charge is 2.33. The van der Waals surface area contributed by atoms with Gasteiger partial charge < -0.3 is 15.7 Å². The highest BCUT2D eigenvalue weighted by atomic mass is 32.1. The Balaban J connectivity index is 1.85. The maximum atomic E-state index is 10.0. The molecule has 2 fully saturated rings. The van der Waals surface area contributed by atoms with Gasteiger partial charge in [-0.2, -0.15) is 12.6 Å². The van der Waals surface area contributed by atoms with E-state index in [1.165, 1.54) is 0 Å². The van der Waals surface area contributed by atoms with Crippen molar-refractivity contribution < 1.29 is 5.11 Å². The number of aliphatic hydroxyl groups excluding tert-OH is 1. The summed E-state index contributed by atoms with van der Waals surface area (Å²) < 4.78 is 0. The zero-order chi connectivity index (χ0) is 9.26. The van der Waals surface area contributed by atoms with Crippen LogP contribution in [0, 0.1) is 5.92 Å². The standard InChI is InChI=1S/C9H18N2OS/c12-9(6-1-2-10-4-6)8-3-7(13)5-11-8/h6-13H,1-5H2/t6-,7+,8+,9-/m1/s1. The molecule has 0 aromatic heterocycles.